The van der Waals surface area contributed by atoms with Crippen molar-refractivity contribution in [1.82, 2.24) is 14.7 Å². The summed E-state index contributed by atoms with van der Waals surface area (Å²) in [6, 6.07) is 12.9. The fraction of sp³-hybridized carbons (Fsp3) is 0.292. The van der Waals surface area contributed by atoms with Crippen molar-refractivity contribution in [1.29, 1.82) is 0 Å². The summed E-state index contributed by atoms with van der Waals surface area (Å²) < 4.78 is 45.8. The summed E-state index contributed by atoms with van der Waals surface area (Å²) in [6.07, 6.45) is -4.53. The number of amides is 1. The lowest BCUT2D eigenvalue weighted by molar-refractivity contribution is -0.137. The molecule has 0 saturated carbocycles. The number of alkyl halides is 3. The first-order chi connectivity index (χ1) is 16.2. The average Bonchev–Trinajstić information content (AvgIpc) is 2.80. The third-order valence-electron chi connectivity index (χ3n) is 5.46. The molecule has 2 heterocycles. The number of aromatic nitrogens is 2. The monoisotopic (exact) mass is 472 g/mol. The van der Waals surface area contributed by atoms with Crippen LogP contribution in [0.4, 0.5) is 18.9 Å². The quantitative estimate of drug-likeness (QED) is 0.614. The minimum absolute atomic E-state index is 0.0915. The summed E-state index contributed by atoms with van der Waals surface area (Å²) in [5.74, 6) is -0.744. The van der Waals surface area contributed by atoms with Crippen molar-refractivity contribution >= 4 is 11.6 Å². The summed E-state index contributed by atoms with van der Waals surface area (Å²) >= 11 is 0. The summed E-state index contributed by atoms with van der Waals surface area (Å²) in [5.41, 5.74) is 0.0428. The number of morpholine rings is 1. The van der Waals surface area contributed by atoms with Crippen LogP contribution >= 0.6 is 0 Å². The molecule has 1 N–H and O–H groups in total. The first-order valence-corrected chi connectivity index (χ1v) is 10.7. The summed E-state index contributed by atoms with van der Waals surface area (Å²) in [5, 5.41) is 6.70. The lowest BCUT2D eigenvalue weighted by Gasteiger charge is -2.26. The fourth-order valence-corrected chi connectivity index (χ4v) is 3.68. The molecule has 7 nitrogen and oxygen atoms in total. The number of ether oxygens (including phenoxy) is 1. The number of rotatable bonds is 5. The van der Waals surface area contributed by atoms with Crippen LogP contribution in [0, 0.1) is 6.92 Å². The number of benzene rings is 2. The summed E-state index contributed by atoms with van der Waals surface area (Å²) in [4.78, 5) is 27.5. The number of anilines is 1. The van der Waals surface area contributed by atoms with E-state index in [4.69, 9.17) is 4.74 Å². The van der Waals surface area contributed by atoms with Crippen molar-refractivity contribution in [3.05, 3.63) is 87.3 Å². The molecular formula is C24H23F3N4O3. The van der Waals surface area contributed by atoms with Crippen LogP contribution in [-0.2, 0) is 17.5 Å². The number of carbonyl (C=O) groups is 1. The van der Waals surface area contributed by atoms with Crippen molar-refractivity contribution in [2.45, 2.75) is 19.6 Å². The molecule has 0 radical (unpaired) electrons. The number of hydrogen-bond donors (Lipinski definition) is 1. The van der Waals surface area contributed by atoms with Crippen LogP contribution < -0.4 is 10.7 Å². The molecule has 4 rings (SSSR count). The Morgan fingerprint density at radius 2 is 1.79 bits per heavy atom. The number of nitrogens with zero attached hydrogens (tertiary/aromatic N) is 3. The van der Waals surface area contributed by atoms with E-state index in [1.807, 2.05) is 12.1 Å². The zero-order valence-corrected chi connectivity index (χ0v) is 18.4. The Morgan fingerprint density at radius 3 is 2.47 bits per heavy atom. The molecule has 178 valence electrons. The summed E-state index contributed by atoms with van der Waals surface area (Å²) in [7, 11) is 0. The number of hydrogen-bond acceptors (Lipinski definition) is 5. The second kappa shape index (κ2) is 9.78. The molecule has 1 aromatic heterocycles. The number of aryl methyl sites for hydroxylation is 1. The van der Waals surface area contributed by atoms with Gasteiger partial charge in [-0.3, -0.25) is 14.5 Å². The van der Waals surface area contributed by atoms with Crippen molar-refractivity contribution in [3.63, 3.8) is 0 Å². The van der Waals surface area contributed by atoms with Crippen LogP contribution in [0.5, 0.6) is 0 Å². The molecule has 1 amide bonds. The second-order valence-corrected chi connectivity index (χ2v) is 8.00. The topological polar surface area (TPSA) is 76.5 Å². The van der Waals surface area contributed by atoms with Gasteiger partial charge in [0.25, 0.3) is 5.91 Å². The maximum atomic E-state index is 13.1. The highest BCUT2D eigenvalue weighted by Crippen LogP contribution is 2.30. The van der Waals surface area contributed by atoms with Crippen LogP contribution in [0.25, 0.3) is 5.69 Å². The number of carbonyl (C=O) groups excluding carboxylic acids is 1. The van der Waals surface area contributed by atoms with Crippen LogP contribution in [0.1, 0.15) is 27.3 Å². The highest BCUT2D eigenvalue weighted by atomic mass is 19.4. The van der Waals surface area contributed by atoms with Gasteiger partial charge in [-0.2, -0.15) is 18.3 Å². The third-order valence-corrected chi connectivity index (χ3v) is 5.46. The van der Waals surface area contributed by atoms with E-state index in [2.05, 4.69) is 15.3 Å². The minimum Gasteiger partial charge on any atom is -0.379 e. The molecule has 0 aliphatic carbocycles. The predicted octanol–water partition coefficient (Wildman–Crippen LogP) is 3.64. The Labute approximate surface area is 193 Å². The zero-order valence-electron chi connectivity index (χ0n) is 18.4. The lowest BCUT2D eigenvalue weighted by Crippen LogP contribution is -2.35. The van der Waals surface area contributed by atoms with E-state index in [9.17, 15) is 22.8 Å². The van der Waals surface area contributed by atoms with Crippen LogP contribution in [0.2, 0.25) is 0 Å². The highest BCUT2D eigenvalue weighted by molar-refractivity contribution is 6.02. The van der Waals surface area contributed by atoms with Gasteiger partial charge in [0, 0.05) is 37.1 Å². The molecular weight excluding hydrogens is 449 g/mol. The third kappa shape index (κ3) is 5.52. The van der Waals surface area contributed by atoms with E-state index in [0.29, 0.717) is 24.6 Å². The second-order valence-electron chi connectivity index (χ2n) is 8.00. The molecule has 3 aromatic rings. The average molecular weight is 472 g/mol. The van der Waals surface area contributed by atoms with Crippen molar-refractivity contribution in [2.75, 3.05) is 31.6 Å². The van der Waals surface area contributed by atoms with Gasteiger partial charge in [0.2, 0.25) is 5.43 Å². The molecule has 1 saturated heterocycles. The molecule has 1 aliphatic rings. The van der Waals surface area contributed by atoms with E-state index >= 15 is 0 Å². The maximum absolute atomic E-state index is 13.1. The van der Waals surface area contributed by atoms with Gasteiger partial charge in [0.05, 0.1) is 24.5 Å². The normalized spacial score (nSPS) is 14.7. The Kier molecular flexibility index (Phi) is 6.80. The molecule has 1 fully saturated rings. The standard InChI is InChI=1S/C24H23F3N4O3/c1-16-13-21(32)22(29-31(16)20-4-2-3-18(14-20)24(25,26)27)23(33)28-19-7-5-17(6-8-19)15-30-9-11-34-12-10-30/h2-8,13-14H,9-12,15H2,1H3,(H,28,33). The molecule has 10 heteroatoms. The predicted molar refractivity (Wildman–Crippen MR) is 120 cm³/mol. The van der Waals surface area contributed by atoms with Gasteiger partial charge < -0.3 is 10.1 Å². The fourth-order valence-electron chi connectivity index (χ4n) is 3.68. The van der Waals surface area contributed by atoms with E-state index in [-0.39, 0.29) is 5.69 Å². The Morgan fingerprint density at radius 1 is 1.09 bits per heavy atom. The largest absolute Gasteiger partial charge is 0.416 e. The minimum atomic E-state index is -4.53. The molecule has 2 aromatic carbocycles. The first-order valence-electron chi connectivity index (χ1n) is 10.7. The molecule has 1 aliphatic heterocycles. The van der Waals surface area contributed by atoms with E-state index in [1.54, 1.807) is 12.1 Å². The van der Waals surface area contributed by atoms with E-state index < -0.39 is 28.8 Å². The van der Waals surface area contributed by atoms with Crippen molar-refractivity contribution < 1.29 is 22.7 Å². The van der Waals surface area contributed by atoms with Gasteiger partial charge >= 0.3 is 6.18 Å². The van der Waals surface area contributed by atoms with Gasteiger partial charge in [-0.15, -0.1) is 0 Å². The van der Waals surface area contributed by atoms with Crippen LogP contribution in [0.3, 0.4) is 0 Å². The van der Waals surface area contributed by atoms with E-state index in [1.165, 1.54) is 25.1 Å². The zero-order chi connectivity index (χ0) is 24.3. The SMILES string of the molecule is Cc1cc(=O)c(C(=O)Nc2ccc(CN3CCOCC3)cc2)nn1-c1cccc(C(F)(F)F)c1. The van der Waals surface area contributed by atoms with Crippen LogP contribution in [-0.4, -0.2) is 46.9 Å². The lowest BCUT2D eigenvalue weighted by atomic mass is 10.2. The number of nitrogens with one attached hydrogen (secondary N) is 1. The van der Waals surface area contributed by atoms with E-state index in [0.717, 1.165) is 42.0 Å². The Balaban J connectivity index is 1.53. The Bertz CT molecular complexity index is 1230. The van der Waals surface area contributed by atoms with Gasteiger partial charge in [-0.25, -0.2) is 4.68 Å². The van der Waals surface area contributed by atoms with Crippen molar-refractivity contribution in [2.24, 2.45) is 0 Å². The summed E-state index contributed by atoms with van der Waals surface area (Å²) in [6.45, 7) is 5.42. The molecule has 0 atom stereocenters. The maximum Gasteiger partial charge on any atom is 0.416 e. The van der Waals surface area contributed by atoms with Gasteiger partial charge in [-0.1, -0.05) is 18.2 Å². The van der Waals surface area contributed by atoms with Crippen LogP contribution in [0.15, 0.2) is 59.4 Å². The molecule has 34 heavy (non-hydrogen) atoms. The molecule has 0 unspecified atom stereocenters. The first kappa shape index (κ1) is 23.7. The van der Waals surface area contributed by atoms with Gasteiger partial charge in [0.15, 0.2) is 5.69 Å². The Hall–Kier alpha value is -3.50. The molecule has 0 spiro atoms. The van der Waals surface area contributed by atoms with Gasteiger partial charge in [-0.05, 0) is 42.8 Å². The highest BCUT2D eigenvalue weighted by Gasteiger charge is 2.30. The van der Waals surface area contributed by atoms with Crippen molar-refractivity contribution in [3.8, 4) is 5.69 Å². The molecule has 0 bridgehead atoms. The number of halogens is 3. The van der Waals surface area contributed by atoms with Gasteiger partial charge in [0.1, 0.15) is 0 Å². The smallest absolute Gasteiger partial charge is 0.379 e.